The van der Waals surface area contributed by atoms with Crippen LogP contribution in [0.1, 0.15) is 13.3 Å². The summed E-state index contributed by atoms with van der Waals surface area (Å²) in [5, 5.41) is 0. The van der Waals surface area contributed by atoms with Crippen LogP contribution in [-0.2, 0) is 0 Å². The zero-order valence-corrected chi connectivity index (χ0v) is 16.0. The summed E-state index contributed by atoms with van der Waals surface area (Å²) in [6.45, 7) is 7.59. The molecular formula is C19H23N5OS. The third kappa shape index (κ3) is 3.24. The van der Waals surface area contributed by atoms with E-state index in [1.807, 2.05) is 24.3 Å². The molecule has 136 valence electrons. The molecule has 3 heterocycles. The highest BCUT2D eigenvalue weighted by molar-refractivity contribution is 7.14. The number of benzene rings is 1. The van der Waals surface area contributed by atoms with Gasteiger partial charge in [0, 0.05) is 31.7 Å². The van der Waals surface area contributed by atoms with Gasteiger partial charge in [-0.25, -0.2) is 9.97 Å². The molecule has 6 nitrogen and oxygen atoms in total. The van der Waals surface area contributed by atoms with Crippen molar-refractivity contribution in [2.75, 3.05) is 44.7 Å². The lowest BCUT2D eigenvalue weighted by Gasteiger charge is -2.35. The van der Waals surface area contributed by atoms with E-state index in [1.54, 1.807) is 13.4 Å². The highest BCUT2D eigenvalue weighted by atomic mass is 32.1. The number of aromatic nitrogens is 3. The van der Waals surface area contributed by atoms with Crippen LogP contribution in [-0.4, -0.2) is 59.1 Å². The van der Waals surface area contributed by atoms with Crippen molar-refractivity contribution in [1.82, 2.24) is 19.2 Å². The predicted molar refractivity (Wildman–Crippen MR) is 106 cm³/mol. The summed E-state index contributed by atoms with van der Waals surface area (Å²) in [4.78, 5) is 14.0. The van der Waals surface area contributed by atoms with Crippen molar-refractivity contribution < 1.29 is 4.74 Å². The molecule has 1 aliphatic rings. The highest BCUT2D eigenvalue weighted by Gasteiger charge is 2.22. The molecule has 1 saturated heterocycles. The van der Waals surface area contributed by atoms with Crippen LogP contribution < -0.4 is 9.64 Å². The largest absolute Gasteiger partial charge is 0.497 e. The Morgan fingerprint density at radius 3 is 2.54 bits per heavy atom. The normalized spacial score (nSPS) is 15.5. The van der Waals surface area contributed by atoms with Crippen molar-refractivity contribution in [3.63, 3.8) is 0 Å². The van der Waals surface area contributed by atoms with Crippen LogP contribution in [0.3, 0.4) is 0 Å². The molecule has 7 heteroatoms. The lowest BCUT2D eigenvalue weighted by atomic mass is 10.1. The molecule has 3 aromatic rings. The third-order valence-electron chi connectivity index (χ3n) is 4.81. The number of piperazine rings is 1. The van der Waals surface area contributed by atoms with Gasteiger partial charge in [-0.05, 0) is 48.8 Å². The van der Waals surface area contributed by atoms with Crippen molar-refractivity contribution in [2.45, 2.75) is 13.3 Å². The molecule has 0 radical (unpaired) electrons. The minimum Gasteiger partial charge on any atom is -0.497 e. The zero-order chi connectivity index (χ0) is 17.9. The summed E-state index contributed by atoms with van der Waals surface area (Å²) in [6, 6.07) is 7.96. The van der Waals surface area contributed by atoms with E-state index < -0.39 is 0 Å². The minimum atomic E-state index is 0.841. The van der Waals surface area contributed by atoms with Crippen LogP contribution in [0.5, 0.6) is 5.75 Å². The standard InChI is InChI=1S/C19H23N5OS/c1-3-8-23-9-11-24(12-10-23)19-18-17(20-13-21-19)16(22-26-18)14-4-6-15(25-2)7-5-14/h4-7,13H,3,8-12H2,1-2H3. The Hall–Kier alpha value is -2.25. The van der Waals surface area contributed by atoms with Crippen LogP contribution in [0.15, 0.2) is 30.6 Å². The van der Waals surface area contributed by atoms with Gasteiger partial charge in [0.25, 0.3) is 0 Å². The van der Waals surface area contributed by atoms with E-state index in [0.717, 1.165) is 59.2 Å². The van der Waals surface area contributed by atoms with Crippen molar-refractivity contribution >= 4 is 27.6 Å². The monoisotopic (exact) mass is 369 g/mol. The van der Waals surface area contributed by atoms with Crippen molar-refractivity contribution in [3.8, 4) is 17.0 Å². The second-order valence-electron chi connectivity index (χ2n) is 6.46. The van der Waals surface area contributed by atoms with Gasteiger partial charge in [-0.2, -0.15) is 4.37 Å². The van der Waals surface area contributed by atoms with E-state index in [0.29, 0.717) is 0 Å². The van der Waals surface area contributed by atoms with Gasteiger partial charge in [-0.15, -0.1) is 0 Å². The summed E-state index contributed by atoms with van der Waals surface area (Å²) >= 11 is 1.49. The molecular weight excluding hydrogens is 346 g/mol. The van der Waals surface area contributed by atoms with Crippen molar-refractivity contribution in [2.24, 2.45) is 0 Å². The summed E-state index contributed by atoms with van der Waals surface area (Å²) in [5.41, 5.74) is 2.90. The smallest absolute Gasteiger partial charge is 0.151 e. The molecule has 0 spiro atoms. The van der Waals surface area contributed by atoms with Crippen molar-refractivity contribution in [3.05, 3.63) is 30.6 Å². The van der Waals surface area contributed by atoms with Gasteiger partial charge < -0.3 is 9.64 Å². The lowest BCUT2D eigenvalue weighted by molar-refractivity contribution is 0.258. The molecule has 4 rings (SSSR count). The molecule has 0 amide bonds. The van der Waals surface area contributed by atoms with Crippen molar-refractivity contribution in [1.29, 1.82) is 0 Å². The quantitative estimate of drug-likeness (QED) is 0.688. The molecule has 1 aromatic carbocycles. The van der Waals surface area contributed by atoms with E-state index in [-0.39, 0.29) is 0 Å². The van der Waals surface area contributed by atoms with E-state index in [1.165, 1.54) is 24.5 Å². The molecule has 1 aliphatic heterocycles. The average molecular weight is 369 g/mol. The van der Waals surface area contributed by atoms with Gasteiger partial charge in [-0.3, -0.25) is 4.90 Å². The van der Waals surface area contributed by atoms with Gasteiger partial charge in [-0.1, -0.05) is 6.92 Å². The Morgan fingerprint density at radius 2 is 1.85 bits per heavy atom. The second kappa shape index (κ2) is 7.55. The molecule has 1 fully saturated rings. The molecule has 0 atom stereocenters. The summed E-state index contributed by atoms with van der Waals surface area (Å²) in [6.07, 6.45) is 2.87. The van der Waals surface area contributed by atoms with Gasteiger partial charge in [0.15, 0.2) is 5.82 Å². The fourth-order valence-electron chi connectivity index (χ4n) is 3.41. The second-order valence-corrected chi connectivity index (χ2v) is 7.24. The number of fused-ring (bicyclic) bond motifs is 1. The summed E-state index contributed by atoms with van der Waals surface area (Å²) in [5.74, 6) is 1.86. The number of hydrogen-bond donors (Lipinski definition) is 0. The van der Waals surface area contributed by atoms with Gasteiger partial charge in [0.2, 0.25) is 0 Å². The molecule has 26 heavy (non-hydrogen) atoms. The van der Waals surface area contributed by atoms with Gasteiger partial charge in [0.05, 0.1) is 7.11 Å². The first-order valence-electron chi connectivity index (χ1n) is 9.02. The average Bonchev–Trinajstić information content (AvgIpc) is 3.13. The molecule has 2 aromatic heterocycles. The number of nitrogens with zero attached hydrogens (tertiary/aromatic N) is 5. The lowest BCUT2D eigenvalue weighted by Crippen LogP contribution is -2.46. The SMILES string of the molecule is CCCN1CCN(c2ncnc3c(-c4ccc(OC)cc4)nsc23)CC1. The minimum absolute atomic E-state index is 0.841. The Kier molecular flexibility index (Phi) is 4.99. The topological polar surface area (TPSA) is 54.4 Å². The number of ether oxygens (including phenoxy) is 1. The maximum absolute atomic E-state index is 5.24. The Labute approximate surface area is 157 Å². The number of rotatable bonds is 5. The van der Waals surface area contributed by atoms with E-state index in [4.69, 9.17) is 4.74 Å². The third-order valence-corrected chi connectivity index (χ3v) is 5.65. The molecule has 0 aliphatic carbocycles. The Balaban J connectivity index is 1.63. The maximum Gasteiger partial charge on any atom is 0.151 e. The van der Waals surface area contributed by atoms with E-state index >= 15 is 0 Å². The first-order valence-corrected chi connectivity index (χ1v) is 9.79. The molecule has 0 bridgehead atoms. The zero-order valence-electron chi connectivity index (χ0n) is 15.2. The summed E-state index contributed by atoms with van der Waals surface area (Å²) in [7, 11) is 1.67. The highest BCUT2D eigenvalue weighted by Crippen LogP contribution is 2.34. The summed E-state index contributed by atoms with van der Waals surface area (Å²) < 4.78 is 11.0. The maximum atomic E-state index is 5.24. The van der Waals surface area contributed by atoms with Crippen LogP contribution >= 0.6 is 11.5 Å². The number of methoxy groups -OCH3 is 1. The first-order chi connectivity index (χ1) is 12.8. The Bertz CT molecular complexity index is 871. The van der Waals surface area contributed by atoms with E-state index in [9.17, 15) is 0 Å². The molecule has 0 saturated carbocycles. The van der Waals surface area contributed by atoms with E-state index in [2.05, 4.69) is 31.1 Å². The van der Waals surface area contributed by atoms with Crippen LogP contribution in [0.25, 0.3) is 21.5 Å². The van der Waals surface area contributed by atoms with Crippen LogP contribution in [0, 0.1) is 0 Å². The first kappa shape index (κ1) is 17.2. The molecule has 0 N–H and O–H groups in total. The fourth-order valence-corrected chi connectivity index (χ4v) is 4.29. The fraction of sp³-hybridized carbons (Fsp3) is 0.421. The van der Waals surface area contributed by atoms with Crippen LogP contribution in [0.4, 0.5) is 5.82 Å². The number of hydrogen-bond acceptors (Lipinski definition) is 7. The number of anilines is 1. The predicted octanol–water partition coefficient (Wildman–Crippen LogP) is 3.29. The molecule has 0 unspecified atom stereocenters. The van der Waals surface area contributed by atoms with Crippen LogP contribution in [0.2, 0.25) is 0 Å². The Morgan fingerprint density at radius 1 is 1.08 bits per heavy atom. The van der Waals surface area contributed by atoms with Gasteiger partial charge in [0.1, 0.15) is 28.0 Å². The van der Waals surface area contributed by atoms with Gasteiger partial charge >= 0.3 is 0 Å².